The number of anilines is 1. The van der Waals surface area contributed by atoms with E-state index in [1.807, 2.05) is 24.3 Å². The molecule has 0 radical (unpaired) electrons. The molecule has 154 valence electrons. The van der Waals surface area contributed by atoms with Crippen LogP contribution in [0.25, 0.3) is 11.1 Å². The van der Waals surface area contributed by atoms with Gasteiger partial charge in [-0.1, -0.05) is 24.3 Å². The fraction of sp³-hybridized carbons (Fsp3) is 0.364. The van der Waals surface area contributed by atoms with Crippen molar-refractivity contribution in [3.63, 3.8) is 0 Å². The number of aliphatic imine (C=N–C) groups is 1. The van der Waals surface area contributed by atoms with Gasteiger partial charge in [-0.15, -0.1) is 0 Å². The van der Waals surface area contributed by atoms with Crippen LogP contribution in [0.3, 0.4) is 0 Å². The second-order valence-electron chi connectivity index (χ2n) is 7.37. The molecule has 0 spiro atoms. The lowest BCUT2D eigenvalue weighted by Gasteiger charge is -2.19. The predicted molar refractivity (Wildman–Crippen MR) is 111 cm³/mol. The van der Waals surface area contributed by atoms with Gasteiger partial charge in [0.15, 0.2) is 0 Å². The van der Waals surface area contributed by atoms with Gasteiger partial charge in [-0.3, -0.25) is 14.3 Å². The molecule has 1 heterocycles. The average Bonchev–Trinajstić information content (AvgIpc) is 3.00. The number of alkyl halides is 1. The Morgan fingerprint density at radius 3 is 2.69 bits per heavy atom. The summed E-state index contributed by atoms with van der Waals surface area (Å²) >= 11 is 0. The topological polar surface area (TPSA) is 53.9 Å². The molecule has 1 aliphatic heterocycles. The van der Waals surface area contributed by atoms with Gasteiger partial charge in [0.2, 0.25) is 0 Å². The van der Waals surface area contributed by atoms with Crippen LogP contribution in [0, 0.1) is 5.82 Å². The van der Waals surface area contributed by atoms with E-state index in [9.17, 15) is 13.6 Å². The highest BCUT2D eigenvalue weighted by Gasteiger charge is 2.42. The lowest BCUT2D eigenvalue weighted by atomic mass is 10.0. The van der Waals surface area contributed by atoms with Crippen LogP contribution < -0.4 is 10.2 Å². The van der Waals surface area contributed by atoms with E-state index in [-0.39, 0.29) is 19.8 Å². The van der Waals surface area contributed by atoms with Gasteiger partial charge in [0.1, 0.15) is 11.4 Å². The first-order valence-corrected chi connectivity index (χ1v) is 9.54. The van der Waals surface area contributed by atoms with E-state index in [4.69, 9.17) is 4.74 Å². The summed E-state index contributed by atoms with van der Waals surface area (Å²) in [5, 5.41) is 3.16. The van der Waals surface area contributed by atoms with E-state index < -0.39 is 17.5 Å². The predicted octanol–water partition coefficient (Wildman–Crippen LogP) is 4.36. The molecule has 1 saturated heterocycles. The normalized spacial score (nSPS) is 18.7. The molecule has 2 aromatic rings. The quantitative estimate of drug-likeness (QED) is 0.502. The fourth-order valence-electron chi connectivity index (χ4n) is 3.35. The van der Waals surface area contributed by atoms with Crippen molar-refractivity contribution in [1.82, 2.24) is 5.32 Å². The van der Waals surface area contributed by atoms with Gasteiger partial charge in [-0.2, -0.15) is 0 Å². The van der Waals surface area contributed by atoms with Gasteiger partial charge < -0.3 is 10.1 Å². The Morgan fingerprint density at radius 2 is 2.03 bits per heavy atom. The number of cyclic esters (lactones) is 1. The summed E-state index contributed by atoms with van der Waals surface area (Å²) in [6, 6.07) is 12.2. The first kappa shape index (κ1) is 20.9. The standard InChI is InChI=1S/C22H25F2N3O2/c1-22(14-25-2)15-27(21(28)29-22)18-8-9-19(20(24)12-18)17-6-4-16(5-7-17)13-26-11-3-10-23/h4-9,12,26H,2-3,10-11,13-15H2,1H3/t22-/m0/s1. The minimum Gasteiger partial charge on any atom is -0.439 e. The summed E-state index contributed by atoms with van der Waals surface area (Å²) in [5.74, 6) is -0.417. The summed E-state index contributed by atoms with van der Waals surface area (Å²) < 4.78 is 32.3. The number of carbonyl (C=O) groups is 1. The highest BCUT2D eigenvalue weighted by atomic mass is 19.1. The second-order valence-corrected chi connectivity index (χ2v) is 7.37. The van der Waals surface area contributed by atoms with E-state index in [1.165, 1.54) is 11.0 Å². The zero-order valence-electron chi connectivity index (χ0n) is 16.5. The molecule has 1 amide bonds. The number of carbonyl (C=O) groups excluding carboxylic acids is 1. The molecular formula is C22H25F2N3O2. The number of nitrogens with one attached hydrogen (secondary N) is 1. The van der Waals surface area contributed by atoms with Crippen molar-refractivity contribution in [3.05, 3.63) is 53.8 Å². The van der Waals surface area contributed by atoms with Crippen LogP contribution in [0.4, 0.5) is 19.3 Å². The van der Waals surface area contributed by atoms with Crippen molar-refractivity contribution in [2.75, 3.05) is 31.2 Å². The Balaban J connectivity index is 1.71. The highest BCUT2D eigenvalue weighted by molar-refractivity contribution is 5.90. The zero-order valence-corrected chi connectivity index (χ0v) is 16.5. The smallest absolute Gasteiger partial charge is 0.415 e. The van der Waals surface area contributed by atoms with Crippen molar-refractivity contribution in [2.45, 2.75) is 25.5 Å². The Morgan fingerprint density at radius 1 is 1.28 bits per heavy atom. The van der Waals surface area contributed by atoms with Gasteiger partial charge in [0, 0.05) is 12.1 Å². The molecule has 0 bridgehead atoms. The summed E-state index contributed by atoms with van der Waals surface area (Å²) in [4.78, 5) is 17.4. The average molecular weight is 401 g/mol. The second kappa shape index (κ2) is 9.13. The van der Waals surface area contributed by atoms with Gasteiger partial charge in [-0.25, -0.2) is 9.18 Å². The van der Waals surface area contributed by atoms with Gasteiger partial charge in [0.05, 0.1) is 25.5 Å². The molecule has 2 aromatic carbocycles. The number of hydrogen-bond acceptors (Lipinski definition) is 4. The van der Waals surface area contributed by atoms with E-state index in [1.54, 1.807) is 19.1 Å². The third-order valence-corrected chi connectivity index (χ3v) is 4.84. The maximum absolute atomic E-state index is 14.8. The first-order chi connectivity index (χ1) is 14.0. The molecule has 1 fully saturated rings. The number of hydrogen-bond donors (Lipinski definition) is 1. The molecule has 0 aliphatic carbocycles. The molecule has 5 nitrogen and oxygen atoms in total. The number of benzene rings is 2. The third-order valence-electron chi connectivity index (χ3n) is 4.84. The summed E-state index contributed by atoms with van der Waals surface area (Å²) in [6.07, 6.45) is -0.0309. The summed E-state index contributed by atoms with van der Waals surface area (Å²) in [5.41, 5.74) is 1.92. The van der Waals surface area contributed by atoms with Gasteiger partial charge in [0.25, 0.3) is 0 Å². The maximum atomic E-state index is 14.8. The maximum Gasteiger partial charge on any atom is 0.415 e. The minimum absolute atomic E-state index is 0.283. The van der Waals surface area contributed by atoms with Crippen LogP contribution in [0.5, 0.6) is 0 Å². The molecule has 0 unspecified atom stereocenters. The molecular weight excluding hydrogens is 376 g/mol. The van der Waals surface area contributed by atoms with Crippen molar-refractivity contribution >= 4 is 18.5 Å². The third kappa shape index (κ3) is 4.98. The Kier molecular flexibility index (Phi) is 6.59. The van der Waals surface area contributed by atoms with Crippen molar-refractivity contribution in [3.8, 4) is 11.1 Å². The van der Waals surface area contributed by atoms with Crippen LogP contribution >= 0.6 is 0 Å². The first-order valence-electron chi connectivity index (χ1n) is 9.54. The lowest BCUT2D eigenvalue weighted by molar-refractivity contribution is 0.0795. The van der Waals surface area contributed by atoms with Crippen LogP contribution in [0.1, 0.15) is 18.9 Å². The van der Waals surface area contributed by atoms with Crippen molar-refractivity contribution in [2.24, 2.45) is 4.99 Å². The van der Waals surface area contributed by atoms with Crippen LogP contribution in [-0.4, -0.2) is 44.7 Å². The summed E-state index contributed by atoms with van der Waals surface area (Å²) in [7, 11) is 0. The minimum atomic E-state index is -0.762. The van der Waals surface area contributed by atoms with E-state index in [0.717, 1.165) is 11.1 Å². The Bertz CT molecular complexity index is 873. The summed E-state index contributed by atoms with van der Waals surface area (Å²) in [6.45, 7) is 6.71. The van der Waals surface area contributed by atoms with Crippen LogP contribution in [0.2, 0.25) is 0 Å². The number of rotatable bonds is 9. The van der Waals surface area contributed by atoms with Crippen molar-refractivity contribution < 1.29 is 18.3 Å². The fourth-order valence-corrected chi connectivity index (χ4v) is 3.35. The largest absolute Gasteiger partial charge is 0.439 e. The Hall–Kier alpha value is -2.80. The lowest BCUT2D eigenvalue weighted by Crippen LogP contribution is -2.34. The molecule has 7 heteroatoms. The van der Waals surface area contributed by atoms with Crippen molar-refractivity contribution in [1.29, 1.82) is 0 Å². The molecule has 0 saturated carbocycles. The number of ether oxygens (including phenoxy) is 1. The number of nitrogens with zero attached hydrogens (tertiary/aromatic N) is 2. The van der Waals surface area contributed by atoms with Gasteiger partial charge >= 0.3 is 6.09 Å². The monoisotopic (exact) mass is 401 g/mol. The van der Waals surface area contributed by atoms with E-state index in [2.05, 4.69) is 17.0 Å². The molecule has 29 heavy (non-hydrogen) atoms. The number of amides is 1. The van der Waals surface area contributed by atoms with E-state index in [0.29, 0.717) is 30.8 Å². The number of halogens is 2. The van der Waals surface area contributed by atoms with Crippen LogP contribution in [-0.2, 0) is 11.3 Å². The molecule has 0 aromatic heterocycles. The highest BCUT2D eigenvalue weighted by Crippen LogP contribution is 2.32. The Labute approximate surface area is 169 Å². The zero-order chi connectivity index (χ0) is 20.9. The molecule has 1 N–H and O–H groups in total. The SMILES string of the molecule is C=NC[C@@]1(C)CN(c2ccc(-c3ccc(CNCCCF)cc3)c(F)c2)C(=O)O1. The molecule has 1 aliphatic rings. The molecule has 3 rings (SSSR count). The van der Waals surface area contributed by atoms with Crippen LogP contribution in [0.15, 0.2) is 47.5 Å². The molecule has 1 atom stereocenters. The van der Waals surface area contributed by atoms with E-state index >= 15 is 0 Å². The van der Waals surface area contributed by atoms with Gasteiger partial charge in [-0.05, 0) is 55.9 Å².